The molecule has 0 N–H and O–H groups in total. The summed E-state index contributed by atoms with van der Waals surface area (Å²) in [6, 6.07) is 10.3. The third-order valence-electron chi connectivity index (χ3n) is 6.00. The summed E-state index contributed by atoms with van der Waals surface area (Å²) in [6.45, 7) is 1.44. The molecular weight excluding hydrogens is 431 g/mol. The zero-order valence-electron chi connectivity index (χ0n) is 15.6. The molecule has 154 valence electrons. The topological polar surface area (TPSA) is 87.0 Å². The van der Waals surface area contributed by atoms with E-state index < -0.39 is 16.9 Å². The molecule has 0 radical (unpaired) electrons. The molecular formula is C20H16Cl2N4O4. The Morgan fingerprint density at radius 2 is 1.60 bits per heavy atom. The smallest absolute Gasteiger partial charge is 0.274 e. The van der Waals surface area contributed by atoms with Crippen molar-refractivity contribution in [1.82, 2.24) is 10.0 Å². The van der Waals surface area contributed by atoms with Crippen molar-refractivity contribution in [3.8, 4) is 0 Å². The average molecular weight is 447 g/mol. The van der Waals surface area contributed by atoms with E-state index in [1.54, 1.807) is 12.1 Å². The molecule has 0 aliphatic carbocycles. The van der Waals surface area contributed by atoms with Gasteiger partial charge in [0.1, 0.15) is 11.1 Å². The summed E-state index contributed by atoms with van der Waals surface area (Å²) >= 11 is 11.9. The van der Waals surface area contributed by atoms with Crippen LogP contribution < -0.4 is 4.90 Å². The second-order valence-corrected chi connectivity index (χ2v) is 8.40. The molecule has 3 unspecified atom stereocenters. The molecule has 3 aliphatic rings. The number of hydrogen-bond acceptors (Lipinski definition) is 6. The number of imide groups is 1. The highest BCUT2D eigenvalue weighted by Gasteiger charge is 2.62. The first-order chi connectivity index (χ1) is 14.4. The number of benzene rings is 2. The minimum absolute atomic E-state index is 0.0483. The van der Waals surface area contributed by atoms with Crippen LogP contribution in [0.3, 0.4) is 0 Å². The van der Waals surface area contributed by atoms with E-state index in [4.69, 9.17) is 23.2 Å². The van der Waals surface area contributed by atoms with Crippen LogP contribution in [0.2, 0.25) is 10.0 Å². The van der Waals surface area contributed by atoms with Crippen LogP contribution in [-0.4, -0.2) is 45.9 Å². The van der Waals surface area contributed by atoms with E-state index in [1.165, 1.54) is 18.2 Å². The normalized spacial score (nSPS) is 26.3. The molecule has 10 heteroatoms. The van der Waals surface area contributed by atoms with Crippen LogP contribution in [0.5, 0.6) is 0 Å². The molecule has 2 amide bonds. The van der Waals surface area contributed by atoms with Gasteiger partial charge in [-0.3, -0.25) is 19.7 Å². The first-order valence-electron chi connectivity index (χ1n) is 9.49. The number of nitro benzene ring substituents is 1. The fourth-order valence-electron chi connectivity index (χ4n) is 4.81. The number of hydrogen-bond donors (Lipinski definition) is 0. The van der Waals surface area contributed by atoms with Crippen molar-refractivity contribution < 1.29 is 14.5 Å². The Balaban J connectivity index is 1.58. The first kappa shape index (κ1) is 19.4. The number of anilines is 1. The van der Waals surface area contributed by atoms with Crippen LogP contribution >= 0.6 is 23.2 Å². The van der Waals surface area contributed by atoms with Crippen LogP contribution in [0.25, 0.3) is 0 Å². The third-order valence-corrected chi connectivity index (χ3v) is 6.57. The van der Waals surface area contributed by atoms with Gasteiger partial charge in [-0.15, -0.1) is 0 Å². The quantitative estimate of drug-likeness (QED) is 0.407. The Morgan fingerprint density at radius 3 is 2.27 bits per heavy atom. The number of halogens is 2. The van der Waals surface area contributed by atoms with E-state index in [-0.39, 0.29) is 34.3 Å². The summed E-state index contributed by atoms with van der Waals surface area (Å²) in [7, 11) is 0. The van der Waals surface area contributed by atoms with Crippen molar-refractivity contribution in [1.29, 1.82) is 0 Å². The van der Waals surface area contributed by atoms with Gasteiger partial charge in [0.2, 0.25) is 5.91 Å². The van der Waals surface area contributed by atoms with Gasteiger partial charge in [-0.05, 0) is 36.2 Å². The number of carbonyl (C=O) groups is 2. The lowest BCUT2D eigenvalue weighted by Crippen LogP contribution is -2.44. The van der Waals surface area contributed by atoms with Gasteiger partial charge < -0.3 is 0 Å². The first-order valence-corrected chi connectivity index (χ1v) is 10.2. The van der Waals surface area contributed by atoms with Crippen LogP contribution in [0.4, 0.5) is 11.4 Å². The molecule has 0 spiro atoms. The second-order valence-electron chi connectivity index (χ2n) is 7.55. The molecule has 3 saturated heterocycles. The maximum Gasteiger partial charge on any atom is 0.289 e. The second kappa shape index (κ2) is 7.02. The van der Waals surface area contributed by atoms with Gasteiger partial charge in [-0.1, -0.05) is 35.3 Å². The molecule has 0 aromatic heterocycles. The highest BCUT2D eigenvalue weighted by atomic mass is 35.5. The van der Waals surface area contributed by atoms with Crippen molar-refractivity contribution in [2.45, 2.75) is 18.5 Å². The van der Waals surface area contributed by atoms with Crippen molar-refractivity contribution in [3.05, 3.63) is 68.2 Å². The molecule has 3 aliphatic heterocycles. The van der Waals surface area contributed by atoms with Crippen molar-refractivity contribution in [3.63, 3.8) is 0 Å². The Hall–Kier alpha value is -2.52. The average Bonchev–Trinajstić information content (AvgIpc) is 3.36. The summed E-state index contributed by atoms with van der Waals surface area (Å²) in [5.74, 6) is -1.34. The minimum Gasteiger partial charge on any atom is -0.274 e. The Labute approximate surface area is 181 Å². The minimum atomic E-state index is -0.629. The molecule has 3 atom stereocenters. The van der Waals surface area contributed by atoms with Gasteiger partial charge in [-0.2, -0.15) is 0 Å². The molecule has 8 nitrogen and oxygen atoms in total. The summed E-state index contributed by atoms with van der Waals surface area (Å²) in [4.78, 5) is 38.5. The number of amides is 2. The molecule has 5 rings (SSSR count). The predicted octanol–water partition coefficient (Wildman–Crippen LogP) is 3.44. The van der Waals surface area contributed by atoms with Gasteiger partial charge in [0.05, 0.1) is 22.6 Å². The lowest BCUT2D eigenvalue weighted by molar-refractivity contribution is -0.384. The fraction of sp³-hybridized carbons (Fsp3) is 0.300. The zero-order valence-corrected chi connectivity index (χ0v) is 17.1. The number of rotatable bonds is 3. The van der Waals surface area contributed by atoms with Gasteiger partial charge in [0.15, 0.2) is 0 Å². The standard InChI is InChI=1S/C20H16Cl2N4O4/c21-12-4-2-11(3-5-12)17-16-18(24-9-1-8-23(17)24)20(28)25(19(16)27)13-6-7-14(22)15(10-13)26(29)30/h2-7,10,16-18H,1,8-9H2. The number of carbonyl (C=O) groups excluding carboxylic acids is 2. The largest absolute Gasteiger partial charge is 0.289 e. The van der Waals surface area contributed by atoms with Crippen molar-refractivity contribution in [2.75, 3.05) is 18.0 Å². The molecule has 3 heterocycles. The van der Waals surface area contributed by atoms with E-state index in [1.807, 2.05) is 17.1 Å². The monoisotopic (exact) mass is 446 g/mol. The lowest BCUT2D eigenvalue weighted by Gasteiger charge is -2.29. The van der Waals surface area contributed by atoms with Crippen LogP contribution in [0, 0.1) is 16.0 Å². The molecule has 30 heavy (non-hydrogen) atoms. The number of hydrazine groups is 1. The van der Waals surface area contributed by atoms with Gasteiger partial charge in [0.25, 0.3) is 11.6 Å². The fourth-order valence-corrected chi connectivity index (χ4v) is 5.12. The van der Waals surface area contributed by atoms with Crippen LogP contribution in [0.1, 0.15) is 18.0 Å². The van der Waals surface area contributed by atoms with E-state index >= 15 is 0 Å². The highest BCUT2D eigenvalue weighted by molar-refractivity contribution is 6.33. The predicted molar refractivity (Wildman–Crippen MR) is 110 cm³/mol. The van der Waals surface area contributed by atoms with Crippen molar-refractivity contribution >= 4 is 46.4 Å². The van der Waals surface area contributed by atoms with E-state index in [2.05, 4.69) is 5.01 Å². The SMILES string of the molecule is O=C1C2C(C(=O)N1c1ccc(Cl)c([N+](=O)[O-])c1)N1CCCN1C2c1ccc(Cl)cc1. The number of nitro groups is 1. The van der Waals surface area contributed by atoms with Gasteiger partial charge in [0, 0.05) is 24.2 Å². The Morgan fingerprint density at radius 1 is 0.933 bits per heavy atom. The summed E-state index contributed by atoms with van der Waals surface area (Å²) in [5.41, 5.74) is 0.726. The number of fused-ring (bicyclic) bond motifs is 3. The Bertz CT molecular complexity index is 1080. The highest BCUT2D eigenvalue weighted by Crippen LogP contribution is 2.49. The molecule has 0 bridgehead atoms. The zero-order chi connectivity index (χ0) is 21.2. The molecule has 3 fully saturated rings. The lowest BCUT2D eigenvalue weighted by atomic mass is 9.90. The maximum absolute atomic E-state index is 13.5. The molecule has 0 saturated carbocycles. The summed E-state index contributed by atoms with van der Waals surface area (Å²) in [5, 5.41) is 15.9. The van der Waals surface area contributed by atoms with Crippen LogP contribution in [-0.2, 0) is 9.59 Å². The van der Waals surface area contributed by atoms with Crippen LogP contribution in [0.15, 0.2) is 42.5 Å². The summed E-state index contributed by atoms with van der Waals surface area (Å²) in [6.07, 6.45) is 0.890. The third kappa shape index (κ3) is 2.75. The Kier molecular flexibility index (Phi) is 4.55. The van der Waals surface area contributed by atoms with E-state index in [0.717, 1.165) is 23.4 Å². The van der Waals surface area contributed by atoms with E-state index in [0.29, 0.717) is 11.6 Å². The van der Waals surface area contributed by atoms with E-state index in [9.17, 15) is 19.7 Å². The van der Waals surface area contributed by atoms with Gasteiger partial charge in [-0.25, -0.2) is 14.9 Å². The molecule has 2 aromatic carbocycles. The maximum atomic E-state index is 13.5. The van der Waals surface area contributed by atoms with Crippen molar-refractivity contribution in [2.24, 2.45) is 5.92 Å². The molecule has 2 aromatic rings. The summed E-state index contributed by atoms with van der Waals surface area (Å²) < 4.78 is 0. The van der Waals surface area contributed by atoms with Gasteiger partial charge >= 0.3 is 0 Å². The number of nitrogens with zero attached hydrogens (tertiary/aromatic N) is 4.